The van der Waals surface area contributed by atoms with Crippen LogP contribution in [0, 0.1) is 5.82 Å². The zero-order valence-electron chi connectivity index (χ0n) is 11.1. The molecule has 2 aromatic rings. The Kier molecular flexibility index (Phi) is 3.92. The van der Waals surface area contributed by atoms with Crippen LogP contribution in [0.15, 0.2) is 46.9 Å². The fraction of sp³-hybridized carbons (Fsp3) is 0.188. The van der Waals surface area contributed by atoms with Gasteiger partial charge < -0.3 is 10.1 Å². The van der Waals surface area contributed by atoms with Crippen molar-refractivity contribution in [2.45, 2.75) is 12.3 Å². The van der Waals surface area contributed by atoms with Gasteiger partial charge in [-0.05, 0) is 46.6 Å². The number of rotatable bonds is 2. The lowest BCUT2D eigenvalue weighted by molar-refractivity contribution is -0.118. The van der Waals surface area contributed by atoms with Gasteiger partial charge in [0.1, 0.15) is 11.6 Å². The van der Waals surface area contributed by atoms with Gasteiger partial charge >= 0.3 is 0 Å². The van der Waals surface area contributed by atoms with Gasteiger partial charge in [-0.2, -0.15) is 0 Å². The van der Waals surface area contributed by atoms with Crippen LogP contribution in [0.3, 0.4) is 0 Å². The van der Waals surface area contributed by atoms with Gasteiger partial charge in [0, 0.05) is 10.0 Å². The van der Waals surface area contributed by atoms with Crippen LogP contribution in [0.4, 0.5) is 10.1 Å². The van der Waals surface area contributed by atoms with E-state index in [0.29, 0.717) is 23.2 Å². The first-order valence-corrected chi connectivity index (χ1v) is 7.42. The first-order valence-electron chi connectivity index (χ1n) is 6.63. The molecule has 1 aliphatic heterocycles. The summed E-state index contributed by atoms with van der Waals surface area (Å²) in [7, 11) is 0. The van der Waals surface area contributed by atoms with E-state index >= 15 is 0 Å². The van der Waals surface area contributed by atoms with Crippen molar-refractivity contribution in [3.05, 3.63) is 58.3 Å². The number of hydrogen-bond donors (Lipinski definition) is 1. The van der Waals surface area contributed by atoms with E-state index in [1.807, 2.05) is 24.3 Å². The van der Waals surface area contributed by atoms with Gasteiger partial charge in [-0.15, -0.1) is 0 Å². The van der Waals surface area contributed by atoms with Crippen molar-refractivity contribution in [1.29, 1.82) is 0 Å². The zero-order valence-corrected chi connectivity index (χ0v) is 12.7. The first-order chi connectivity index (χ1) is 10.1. The fourth-order valence-corrected chi connectivity index (χ4v) is 2.88. The van der Waals surface area contributed by atoms with Crippen LogP contribution in [0.25, 0.3) is 0 Å². The van der Waals surface area contributed by atoms with Crippen molar-refractivity contribution in [2.75, 3.05) is 11.9 Å². The molecule has 5 heteroatoms. The van der Waals surface area contributed by atoms with Crippen molar-refractivity contribution in [3.63, 3.8) is 0 Å². The lowest BCUT2D eigenvalue weighted by Gasteiger charge is -2.25. The number of para-hydroxylation sites is 1. The summed E-state index contributed by atoms with van der Waals surface area (Å²) in [6.07, 6.45) is 0.627. The summed E-state index contributed by atoms with van der Waals surface area (Å²) >= 11 is 3.25. The average molecular weight is 350 g/mol. The highest BCUT2D eigenvalue weighted by Gasteiger charge is 2.27. The van der Waals surface area contributed by atoms with Crippen molar-refractivity contribution < 1.29 is 13.9 Å². The smallest absolute Gasteiger partial charge is 0.232 e. The standard InChI is InChI=1S/C16H13BrFNO2/c17-13-9-10(18)5-6-14(13)19-16(20)12-7-8-21-15-4-2-1-3-11(12)15/h1-6,9,12H,7-8H2,(H,19,20). The number of ether oxygens (including phenoxy) is 1. The highest BCUT2D eigenvalue weighted by atomic mass is 79.9. The molecular formula is C16H13BrFNO2. The molecule has 0 fully saturated rings. The van der Waals surface area contributed by atoms with Gasteiger partial charge in [0.15, 0.2) is 0 Å². The second-order valence-electron chi connectivity index (χ2n) is 4.84. The predicted octanol–water partition coefficient (Wildman–Crippen LogP) is 4.09. The number of carbonyl (C=O) groups excluding carboxylic acids is 1. The Labute approximate surface area is 130 Å². The lowest BCUT2D eigenvalue weighted by Crippen LogP contribution is -2.26. The van der Waals surface area contributed by atoms with Gasteiger partial charge in [0.25, 0.3) is 0 Å². The Morgan fingerprint density at radius 2 is 2.10 bits per heavy atom. The Balaban J connectivity index is 1.83. The quantitative estimate of drug-likeness (QED) is 0.886. The normalized spacial score (nSPS) is 16.8. The minimum Gasteiger partial charge on any atom is -0.493 e. The molecule has 0 aromatic heterocycles. The number of anilines is 1. The van der Waals surface area contributed by atoms with Gasteiger partial charge in [-0.1, -0.05) is 18.2 Å². The first kappa shape index (κ1) is 14.1. The number of carbonyl (C=O) groups is 1. The molecule has 3 nitrogen and oxygen atoms in total. The highest BCUT2D eigenvalue weighted by Crippen LogP contribution is 2.34. The molecule has 21 heavy (non-hydrogen) atoms. The van der Waals surface area contributed by atoms with Crippen LogP contribution >= 0.6 is 15.9 Å². The average Bonchev–Trinajstić information content (AvgIpc) is 2.49. The molecule has 0 bridgehead atoms. The van der Waals surface area contributed by atoms with Crippen LogP contribution in [-0.2, 0) is 4.79 Å². The third-order valence-corrected chi connectivity index (χ3v) is 4.12. The van der Waals surface area contributed by atoms with Gasteiger partial charge in [-0.3, -0.25) is 4.79 Å². The van der Waals surface area contributed by atoms with E-state index in [1.54, 1.807) is 6.07 Å². The molecule has 3 rings (SSSR count). The Bertz CT molecular complexity index is 690. The maximum absolute atomic E-state index is 13.1. The van der Waals surface area contributed by atoms with Crippen LogP contribution < -0.4 is 10.1 Å². The summed E-state index contributed by atoms with van der Waals surface area (Å²) in [6, 6.07) is 11.7. The fourth-order valence-electron chi connectivity index (χ4n) is 2.43. The van der Waals surface area contributed by atoms with E-state index in [4.69, 9.17) is 4.74 Å². The van der Waals surface area contributed by atoms with Gasteiger partial charge in [0.2, 0.25) is 5.91 Å². The second kappa shape index (κ2) is 5.85. The number of nitrogens with one attached hydrogen (secondary N) is 1. The molecule has 1 aliphatic rings. The van der Waals surface area contributed by atoms with E-state index in [0.717, 1.165) is 11.3 Å². The maximum atomic E-state index is 13.1. The Morgan fingerprint density at radius 1 is 1.29 bits per heavy atom. The minimum atomic E-state index is -0.351. The van der Waals surface area contributed by atoms with E-state index in [1.165, 1.54) is 12.1 Å². The molecule has 0 saturated heterocycles. The molecule has 1 unspecified atom stereocenters. The van der Waals surface area contributed by atoms with Crippen LogP contribution in [0.2, 0.25) is 0 Å². The Morgan fingerprint density at radius 3 is 2.90 bits per heavy atom. The molecule has 108 valence electrons. The number of amides is 1. The molecule has 0 spiro atoms. The molecule has 1 heterocycles. The Hall–Kier alpha value is -1.88. The van der Waals surface area contributed by atoms with Crippen molar-refractivity contribution in [3.8, 4) is 5.75 Å². The second-order valence-corrected chi connectivity index (χ2v) is 5.70. The molecule has 0 radical (unpaired) electrons. The summed E-state index contributed by atoms with van der Waals surface area (Å²) in [4.78, 5) is 12.5. The van der Waals surface area contributed by atoms with Crippen LogP contribution in [0.1, 0.15) is 17.9 Å². The molecule has 1 amide bonds. The largest absolute Gasteiger partial charge is 0.493 e. The van der Waals surface area contributed by atoms with Crippen LogP contribution in [-0.4, -0.2) is 12.5 Å². The lowest BCUT2D eigenvalue weighted by atomic mass is 9.92. The van der Waals surface area contributed by atoms with E-state index < -0.39 is 0 Å². The van der Waals surface area contributed by atoms with Crippen molar-refractivity contribution in [1.82, 2.24) is 0 Å². The minimum absolute atomic E-state index is 0.113. The predicted molar refractivity (Wildman–Crippen MR) is 82.0 cm³/mol. The molecule has 1 N–H and O–H groups in total. The number of hydrogen-bond acceptors (Lipinski definition) is 2. The maximum Gasteiger partial charge on any atom is 0.232 e. The zero-order chi connectivity index (χ0) is 14.8. The van der Waals surface area contributed by atoms with E-state index in [2.05, 4.69) is 21.2 Å². The highest BCUT2D eigenvalue weighted by molar-refractivity contribution is 9.10. The summed E-state index contributed by atoms with van der Waals surface area (Å²) in [5.41, 5.74) is 1.45. The molecule has 0 aliphatic carbocycles. The summed E-state index contributed by atoms with van der Waals surface area (Å²) in [6.45, 7) is 0.514. The van der Waals surface area contributed by atoms with Crippen molar-refractivity contribution in [2.24, 2.45) is 0 Å². The number of halogens is 2. The van der Waals surface area contributed by atoms with E-state index in [-0.39, 0.29) is 17.6 Å². The van der Waals surface area contributed by atoms with Gasteiger partial charge in [-0.25, -0.2) is 4.39 Å². The summed E-state index contributed by atoms with van der Waals surface area (Å²) in [5, 5.41) is 2.84. The third-order valence-electron chi connectivity index (χ3n) is 3.46. The topological polar surface area (TPSA) is 38.3 Å². The SMILES string of the molecule is O=C(Nc1ccc(F)cc1Br)C1CCOc2ccccc21. The molecular weight excluding hydrogens is 337 g/mol. The third kappa shape index (κ3) is 2.93. The van der Waals surface area contributed by atoms with E-state index in [9.17, 15) is 9.18 Å². The molecule has 2 aromatic carbocycles. The van der Waals surface area contributed by atoms with Crippen molar-refractivity contribution >= 4 is 27.5 Å². The summed E-state index contributed by atoms with van der Waals surface area (Å²) < 4.78 is 19.2. The summed E-state index contributed by atoms with van der Waals surface area (Å²) in [5.74, 6) is 0.0309. The monoisotopic (exact) mass is 349 g/mol. The van der Waals surface area contributed by atoms with Crippen LogP contribution in [0.5, 0.6) is 5.75 Å². The number of fused-ring (bicyclic) bond motifs is 1. The van der Waals surface area contributed by atoms with Gasteiger partial charge in [0.05, 0.1) is 18.2 Å². The number of benzene rings is 2. The molecule has 1 atom stereocenters. The molecule has 0 saturated carbocycles.